The van der Waals surface area contributed by atoms with Gasteiger partial charge in [-0.3, -0.25) is 0 Å². The van der Waals surface area contributed by atoms with Crippen molar-refractivity contribution in [1.29, 1.82) is 0 Å². The minimum absolute atomic E-state index is 0.420. The molecule has 0 radical (unpaired) electrons. The van der Waals surface area contributed by atoms with Crippen LogP contribution < -0.4 is 0 Å². The molecule has 0 unspecified atom stereocenters. The summed E-state index contributed by atoms with van der Waals surface area (Å²) in [6.07, 6.45) is 3.49. The summed E-state index contributed by atoms with van der Waals surface area (Å²) in [6.45, 7) is 4.30. The van der Waals surface area contributed by atoms with E-state index >= 15 is 0 Å². The summed E-state index contributed by atoms with van der Waals surface area (Å²) in [5.41, 5.74) is 3.31. The van der Waals surface area contributed by atoms with E-state index in [1.165, 1.54) is 5.56 Å². The second kappa shape index (κ2) is 4.74. The quantitative estimate of drug-likeness (QED) is 0.828. The Morgan fingerprint density at radius 1 is 1.19 bits per heavy atom. The number of benzene rings is 1. The fourth-order valence-electron chi connectivity index (χ4n) is 1.64. The van der Waals surface area contributed by atoms with Crippen LogP contribution in [-0.2, 0) is 0 Å². The van der Waals surface area contributed by atoms with Gasteiger partial charge in [0, 0.05) is 16.2 Å². The Kier molecular flexibility index (Phi) is 3.34. The Balaban J connectivity index is 2.60. The van der Waals surface area contributed by atoms with Gasteiger partial charge in [-0.05, 0) is 17.5 Å². The van der Waals surface area contributed by atoms with Crippen LogP contribution in [0.1, 0.15) is 25.3 Å². The maximum atomic E-state index is 4.39. The highest BCUT2D eigenvalue weighted by Crippen LogP contribution is 2.31. The van der Waals surface area contributed by atoms with E-state index in [2.05, 4.69) is 45.8 Å². The van der Waals surface area contributed by atoms with E-state index in [0.717, 1.165) is 15.7 Å². The third-order valence-electron chi connectivity index (χ3n) is 2.49. The summed E-state index contributed by atoms with van der Waals surface area (Å²) in [5, 5.41) is 0. The Morgan fingerprint density at radius 3 is 2.62 bits per heavy atom. The van der Waals surface area contributed by atoms with Crippen LogP contribution in [0.5, 0.6) is 0 Å². The van der Waals surface area contributed by atoms with Crippen molar-refractivity contribution in [2.45, 2.75) is 19.8 Å². The van der Waals surface area contributed by atoms with Crippen LogP contribution >= 0.6 is 15.9 Å². The fourth-order valence-corrected chi connectivity index (χ4v) is 2.11. The second-order valence-electron chi connectivity index (χ2n) is 3.96. The van der Waals surface area contributed by atoms with E-state index in [-0.39, 0.29) is 0 Å². The van der Waals surface area contributed by atoms with Crippen molar-refractivity contribution in [2.75, 3.05) is 0 Å². The van der Waals surface area contributed by atoms with Crippen LogP contribution in [0.2, 0.25) is 0 Å². The minimum atomic E-state index is 0.420. The molecule has 2 aromatic rings. The van der Waals surface area contributed by atoms with Gasteiger partial charge in [0.15, 0.2) is 0 Å². The number of rotatable bonds is 2. The first-order valence-electron chi connectivity index (χ1n) is 5.25. The standard InChI is InChI=1S/C13H13BrN2/c1-9(2)11-7-15-8-16-13(11)10-5-3-4-6-12(10)14/h3-9H,1-2H3. The lowest BCUT2D eigenvalue weighted by Gasteiger charge is -2.11. The first-order chi connectivity index (χ1) is 7.70. The van der Waals surface area contributed by atoms with Crippen molar-refractivity contribution >= 4 is 15.9 Å². The Hall–Kier alpha value is -1.22. The number of aromatic nitrogens is 2. The van der Waals surface area contributed by atoms with Crippen LogP contribution in [0.25, 0.3) is 11.3 Å². The lowest BCUT2D eigenvalue weighted by Crippen LogP contribution is -1.97. The zero-order valence-electron chi connectivity index (χ0n) is 9.31. The normalized spacial score (nSPS) is 10.8. The molecule has 82 valence electrons. The molecule has 0 N–H and O–H groups in total. The molecule has 2 nitrogen and oxygen atoms in total. The highest BCUT2D eigenvalue weighted by Gasteiger charge is 2.11. The van der Waals surface area contributed by atoms with E-state index in [4.69, 9.17) is 0 Å². The molecule has 2 rings (SSSR count). The molecule has 0 amide bonds. The molecule has 0 aliphatic carbocycles. The number of hydrogen-bond donors (Lipinski definition) is 0. The zero-order chi connectivity index (χ0) is 11.5. The third kappa shape index (κ3) is 2.14. The van der Waals surface area contributed by atoms with E-state index in [0.29, 0.717) is 5.92 Å². The molecule has 1 aromatic carbocycles. The maximum Gasteiger partial charge on any atom is 0.116 e. The predicted octanol–water partition coefficient (Wildman–Crippen LogP) is 4.03. The van der Waals surface area contributed by atoms with Crippen molar-refractivity contribution in [3.8, 4) is 11.3 Å². The first kappa shape index (κ1) is 11.3. The molecule has 0 atom stereocenters. The SMILES string of the molecule is CC(C)c1cncnc1-c1ccccc1Br. The molecule has 0 saturated heterocycles. The molecule has 0 saturated carbocycles. The molecule has 0 aliphatic heterocycles. The summed E-state index contributed by atoms with van der Waals surface area (Å²) in [5.74, 6) is 0.420. The molecule has 0 aliphatic rings. The number of hydrogen-bond acceptors (Lipinski definition) is 2. The molecule has 3 heteroatoms. The van der Waals surface area contributed by atoms with Crippen molar-refractivity contribution < 1.29 is 0 Å². The van der Waals surface area contributed by atoms with Crippen LogP contribution in [0, 0.1) is 0 Å². The highest BCUT2D eigenvalue weighted by atomic mass is 79.9. The summed E-state index contributed by atoms with van der Waals surface area (Å²) >= 11 is 3.56. The second-order valence-corrected chi connectivity index (χ2v) is 4.82. The van der Waals surface area contributed by atoms with E-state index in [1.54, 1.807) is 6.33 Å². The smallest absolute Gasteiger partial charge is 0.116 e. The van der Waals surface area contributed by atoms with Crippen molar-refractivity contribution in [2.24, 2.45) is 0 Å². The van der Waals surface area contributed by atoms with Crippen LogP contribution in [0.3, 0.4) is 0 Å². The Labute approximate surface area is 104 Å². The van der Waals surface area contributed by atoms with E-state index in [1.807, 2.05) is 24.4 Å². The van der Waals surface area contributed by atoms with Crippen molar-refractivity contribution in [3.05, 3.63) is 46.8 Å². The van der Waals surface area contributed by atoms with Gasteiger partial charge in [0.05, 0.1) is 5.69 Å². The minimum Gasteiger partial charge on any atom is -0.244 e. The van der Waals surface area contributed by atoms with Gasteiger partial charge in [-0.2, -0.15) is 0 Å². The molecular formula is C13H13BrN2. The lowest BCUT2D eigenvalue weighted by atomic mass is 9.99. The van der Waals surface area contributed by atoms with Gasteiger partial charge in [0.2, 0.25) is 0 Å². The largest absolute Gasteiger partial charge is 0.244 e. The van der Waals surface area contributed by atoms with Crippen LogP contribution in [0.15, 0.2) is 41.3 Å². The van der Waals surface area contributed by atoms with Crippen molar-refractivity contribution in [1.82, 2.24) is 9.97 Å². The average Bonchev–Trinajstić information content (AvgIpc) is 2.29. The summed E-state index contributed by atoms with van der Waals surface area (Å²) in [4.78, 5) is 8.49. The van der Waals surface area contributed by atoms with Gasteiger partial charge >= 0.3 is 0 Å². The topological polar surface area (TPSA) is 25.8 Å². The number of halogens is 1. The molecular weight excluding hydrogens is 264 g/mol. The van der Waals surface area contributed by atoms with Gasteiger partial charge in [-0.25, -0.2) is 9.97 Å². The van der Waals surface area contributed by atoms with Gasteiger partial charge < -0.3 is 0 Å². The molecule has 0 fully saturated rings. The fraction of sp³-hybridized carbons (Fsp3) is 0.231. The van der Waals surface area contributed by atoms with Crippen LogP contribution in [0.4, 0.5) is 0 Å². The summed E-state index contributed by atoms with van der Waals surface area (Å²) in [7, 11) is 0. The maximum absolute atomic E-state index is 4.39. The molecule has 16 heavy (non-hydrogen) atoms. The molecule has 0 spiro atoms. The number of nitrogens with zero attached hydrogens (tertiary/aromatic N) is 2. The van der Waals surface area contributed by atoms with E-state index in [9.17, 15) is 0 Å². The molecule has 1 aromatic heterocycles. The first-order valence-corrected chi connectivity index (χ1v) is 6.04. The summed E-state index contributed by atoms with van der Waals surface area (Å²) in [6, 6.07) is 8.12. The summed E-state index contributed by atoms with van der Waals surface area (Å²) < 4.78 is 1.07. The molecule has 0 bridgehead atoms. The molecule has 1 heterocycles. The monoisotopic (exact) mass is 276 g/mol. The van der Waals surface area contributed by atoms with E-state index < -0.39 is 0 Å². The third-order valence-corrected chi connectivity index (χ3v) is 3.18. The Morgan fingerprint density at radius 2 is 1.94 bits per heavy atom. The lowest BCUT2D eigenvalue weighted by molar-refractivity contribution is 0.849. The highest BCUT2D eigenvalue weighted by molar-refractivity contribution is 9.10. The van der Waals surface area contributed by atoms with Gasteiger partial charge in [0.1, 0.15) is 6.33 Å². The van der Waals surface area contributed by atoms with Crippen LogP contribution in [-0.4, -0.2) is 9.97 Å². The van der Waals surface area contributed by atoms with Gasteiger partial charge in [-0.1, -0.05) is 48.0 Å². The van der Waals surface area contributed by atoms with Gasteiger partial charge in [0.25, 0.3) is 0 Å². The average molecular weight is 277 g/mol. The van der Waals surface area contributed by atoms with Crippen molar-refractivity contribution in [3.63, 3.8) is 0 Å². The van der Waals surface area contributed by atoms with Gasteiger partial charge in [-0.15, -0.1) is 0 Å². The predicted molar refractivity (Wildman–Crippen MR) is 69.3 cm³/mol. The Bertz CT molecular complexity index is 495. The zero-order valence-corrected chi connectivity index (χ0v) is 10.9.